The van der Waals surface area contributed by atoms with Crippen LogP contribution in [0.15, 0.2) is 28.7 Å². The number of H-pyrrole nitrogens is 1. The number of nitriles is 1. The van der Waals surface area contributed by atoms with Gasteiger partial charge in [-0.1, -0.05) is 34.1 Å². The van der Waals surface area contributed by atoms with E-state index in [4.69, 9.17) is 0 Å². The van der Waals surface area contributed by atoms with Gasteiger partial charge in [0.15, 0.2) is 0 Å². The standard InChI is InChI=1S/C16H13BrN2O2/c1-9-14(19-10(2)15(9)16(20)21)7-11(8-18)12-5-3-4-6-13(12)17/h3-7,19H,1-2H3,(H,20,21)/b11-7+. The van der Waals surface area contributed by atoms with E-state index in [0.29, 0.717) is 22.5 Å². The molecule has 5 heteroatoms. The minimum atomic E-state index is -0.972. The molecule has 2 N–H and O–H groups in total. The number of nitrogens with one attached hydrogen (secondary N) is 1. The van der Waals surface area contributed by atoms with Gasteiger partial charge in [0.1, 0.15) is 0 Å². The number of carbonyl (C=O) groups is 1. The molecule has 0 aliphatic heterocycles. The summed E-state index contributed by atoms with van der Waals surface area (Å²) in [7, 11) is 0. The number of hydrogen-bond donors (Lipinski definition) is 2. The minimum absolute atomic E-state index is 0.255. The third-order valence-corrected chi connectivity index (χ3v) is 3.95. The first-order valence-electron chi connectivity index (χ1n) is 6.25. The molecule has 1 aromatic heterocycles. The number of aromatic amines is 1. The van der Waals surface area contributed by atoms with E-state index < -0.39 is 5.97 Å². The first-order chi connectivity index (χ1) is 9.95. The molecule has 2 rings (SSSR count). The van der Waals surface area contributed by atoms with Gasteiger partial charge in [-0.05, 0) is 31.6 Å². The van der Waals surface area contributed by atoms with Crippen LogP contribution in [0.2, 0.25) is 0 Å². The van der Waals surface area contributed by atoms with Gasteiger partial charge >= 0.3 is 5.97 Å². The summed E-state index contributed by atoms with van der Waals surface area (Å²) in [6.07, 6.45) is 1.68. The van der Waals surface area contributed by atoms with Gasteiger partial charge in [-0.2, -0.15) is 5.26 Å². The molecule has 0 spiro atoms. The van der Waals surface area contributed by atoms with Crippen LogP contribution in [0.5, 0.6) is 0 Å². The zero-order chi connectivity index (χ0) is 15.6. The highest BCUT2D eigenvalue weighted by Crippen LogP contribution is 2.27. The fraction of sp³-hybridized carbons (Fsp3) is 0.125. The van der Waals surface area contributed by atoms with Gasteiger partial charge in [-0.15, -0.1) is 0 Å². The van der Waals surface area contributed by atoms with E-state index in [1.807, 2.05) is 24.3 Å². The van der Waals surface area contributed by atoms with Gasteiger partial charge in [0, 0.05) is 21.4 Å². The van der Waals surface area contributed by atoms with Crippen LogP contribution in [0.1, 0.15) is 32.9 Å². The second-order valence-electron chi connectivity index (χ2n) is 4.62. The molecule has 0 atom stereocenters. The molecule has 0 saturated heterocycles. The fourth-order valence-electron chi connectivity index (χ4n) is 2.23. The van der Waals surface area contributed by atoms with E-state index in [2.05, 4.69) is 27.0 Å². The SMILES string of the molecule is Cc1[nH]c(/C=C(\C#N)c2ccccc2Br)c(C)c1C(=O)O. The summed E-state index contributed by atoms with van der Waals surface area (Å²) in [5.41, 5.74) is 3.32. The lowest BCUT2D eigenvalue weighted by atomic mass is 10.0. The third-order valence-electron chi connectivity index (χ3n) is 3.26. The Morgan fingerprint density at radius 3 is 2.57 bits per heavy atom. The molecule has 0 amide bonds. The van der Waals surface area contributed by atoms with Crippen molar-refractivity contribution >= 4 is 33.5 Å². The quantitative estimate of drug-likeness (QED) is 0.820. The van der Waals surface area contributed by atoms with Crippen molar-refractivity contribution in [1.82, 2.24) is 4.98 Å². The summed E-state index contributed by atoms with van der Waals surface area (Å²) in [5, 5.41) is 18.6. The largest absolute Gasteiger partial charge is 0.478 e. The first kappa shape index (κ1) is 15.1. The molecule has 0 bridgehead atoms. The number of benzene rings is 1. The zero-order valence-corrected chi connectivity index (χ0v) is 13.2. The van der Waals surface area contributed by atoms with Gasteiger partial charge < -0.3 is 10.1 Å². The molecule has 0 saturated carbocycles. The molecule has 2 aromatic rings. The number of aromatic nitrogens is 1. The molecule has 1 aromatic carbocycles. The highest BCUT2D eigenvalue weighted by molar-refractivity contribution is 9.10. The predicted molar refractivity (Wildman–Crippen MR) is 84.9 cm³/mol. The molecule has 0 unspecified atom stereocenters. The fourth-order valence-corrected chi connectivity index (χ4v) is 2.73. The number of nitrogens with zero attached hydrogens (tertiary/aromatic N) is 1. The Kier molecular flexibility index (Phi) is 4.29. The molecule has 21 heavy (non-hydrogen) atoms. The predicted octanol–water partition coefficient (Wildman–Crippen LogP) is 4.16. The van der Waals surface area contributed by atoms with E-state index in [9.17, 15) is 15.2 Å². The summed E-state index contributed by atoms with van der Waals surface area (Å²) in [6, 6.07) is 9.57. The van der Waals surface area contributed by atoms with Crippen molar-refractivity contribution in [2.75, 3.05) is 0 Å². The molecular weight excluding hydrogens is 332 g/mol. The number of aromatic carboxylic acids is 1. The van der Waals surface area contributed by atoms with Crippen LogP contribution in [0.4, 0.5) is 0 Å². The number of carboxylic acid groups (broad SMARTS) is 1. The lowest BCUT2D eigenvalue weighted by molar-refractivity contribution is 0.0695. The minimum Gasteiger partial charge on any atom is -0.478 e. The summed E-state index contributed by atoms with van der Waals surface area (Å²) in [5.74, 6) is -0.972. The number of halogens is 1. The highest BCUT2D eigenvalue weighted by atomic mass is 79.9. The summed E-state index contributed by atoms with van der Waals surface area (Å²) in [4.78, 5) is 14.2. The van der Waals surface area contributed by atoms with Crippen LogP contribution in [-0.4, -0.2) is 16.1 Å². The Bertz CT molecular complexity index is 782. The third kappa shape index (κ3) is 2.91. The van der Waals surface area contributed by atoms with Crippen molar-refractivity contribution in [1.29, 1.82) is 5.26 Å². The average Bonchev–Trinajstić information content (AvgIpc) is 2.71. The Balaban J connectivity index is 2.58. The number of carboxylic acids is 1. The van der Waals surface area contributed by atoms with Crippen molar-refractivity contribution in [3.63, 3.8) is 0 Å². The molecular formula is C16H13BrN2O2. The normalized spacial score (nSPS) is 11.2. The Morgan fingerprint density at radius 2 is 2.05 bits per heavy atom. The summed E-state index contributed by atoms with van der Waals surface area (Å²) >= 11 is 3.42. The van der Waals surface area contributed by atoms with E-state index in [0.717, 1.165) is 10.0 Å². The maximum absolute atomic E-state index is 11.2. The molecule has 0 aliphatic rings. The number of hydrogen-bond acceptors (Lipinski definition) is 2. The van der Waals surface area contributed by atoms with Crippen molar-refractivity contribution in [3.05, 3.63) is 56.8 Å². The lowest BCUT2D eigenvalue weighted by Crippen LogP contribution is -1.98. The molecule has 0 radical (unpaired) electrons. The Morgan fingerprint density at radius 1 is 1.38 bits per heavy atom. The maximum Gasteiger partial charge on any atom is 0.337 e. The molecule has 106 valence electrons. The summed E-state index contributed by atoms with van der Waals surface area (Å²) in [6.45, 7) is 3.44. The number of aryl methyl sites for hydroxylation is 1. The zero-order valence-electron chi connectivity index (χ0n) is 11.6. The van der Waals surface area contributed by atoms with Crippen LogP contribution in [0, 0.1) is 25.2 Å². The monoisotopic (exact) mass is 344 g/mol. The van der Waals surface area contributed by atoms with E-state index in [1.54, 1.807) is 19.9 Å². The van der Waals surface area contributed by atoms with Crippen LogP contribution in [0.25, 0.3) is 11.6 Å². The van der Waals surface area contributed by atoms with Crippen LogP contribution in [-0.2, 0) is 0 Å². The number of rotatable bonds is 3. The van der Waals surface area contributed by atoms with Crippen molar-refractivity contribution in [3.8, 4) is 6.07 Å². The van der Waals surface area contributed by atoms with Crippen molar-refractivity contribution in [2.45, 2.75) is 13.8 Å². The molecule has 0 fully saturated rings. The van der Waals surface area contributed by atoms with Crippen LogP contribution in [0.3, 0.4) is 0 Å². The number of allylic oxidation sites excluding steroid dienone is 1. The molecule has 1 heterocycles. The second kappa shape index (κ2) is 5.98. The van der Waals surface area contributed by atoms with Crippen LogP contribution < -0.4 is 0 Å². The Labute approximate surface area is 130 Å². The maximum atomic E-state index is 11.2. The van der Waals surface area contributed by atoms with Gasteiger partial charge in [0.05, 0.1) is 17.2 Å². The first-order valence-corrected chi connectivity index (χ1v) is 7.04. The molecule has 0 aliphatic carbocycles. The average molecular weight is 345 g/mol. The second-order valence-corrected chi connectivity index (χ2v) is 5.47. The van der Waals surface area contributed by atoms with E-state index in [1.165, 1.54) is 0 Å². The van der Waals surface area contributed by atoms with Gasteiger partial charge in [0.2, 0.25) is 0 Å². The Hall–Kier alpha value is -2.32. The van der Waals surface area contributed by atoms with Crippen LogP contribution >= 0.6 is 15.9 Å². The van der Waals surface area contributed by atoms with E-state index in [-0.39, 0.29) is 5.56 Å². The van der Waals surface area contributed by atoms with E-state index >= 15 is 0 Å². The lowest BCUT2D eigenvalue weighted by Gasteiger charge is -2.02. The smallest absolute Gasteiger partial charge is 0.337 e. The highest BCUT2D eigenvalue weighted by Gasteiger charge is 2.17. The van der Waals surface area contributed by atoms with Crippen molar-refractivity contribution in [2.24, 2.45) is 0 Å². The molecule has 4 nitrogen and oxygen atoms in total. The van der Waals surface area contributed by atoms with Crippen molar-refractivity contribution < 1.29 is 9.90 Å². The summed E-state index contributed by atoms with van der Waals surface area (Å²) < 4.78 is 0.817. The van der Waals surface area contributed by atoms with Gasteiger partial charge in [-0.3, -0.25) is 0 Å². The topological polar surface area (TPSA) is 76.9 Å². The van der Waals surface area contributed by atoms with Gasteiger partial charge in [0.25, 0.3) is 0 Å². The van der Waals surface area contributed by atoms with Gasteiger partial charge in [-0.25, -0.2) is 4.79 Å².